The standard InChI is InChI=1S/C43H73NO4Si2/c1-29(17-22-38(45)43(24-25-43)39-44-28-30(2)46-39)35-20-21-36-32(16-15-23-42(35,36)10)18-19-33-26-34(47-49(11,12)40(4,5)6)27-37(31(33)3)48-50(13,14)41(7,8)9/h17-19,22,29-30,34-38,45H,3,15-16,20-21,23-28H2,1-2,4-14H3/t29-,30?,34-,35-,36+,37+,38-,42-/m1/s1. The van der Waals surface area contributed by atoms with E-state index in [4.69, 9.17) is 20.2 Å². The van der Waals surface area contributed by atoms with Gasteiger partial charge in [-0.2, -0.15) is 0 Å². The van der Waals surface area contributed by atoms with Gasteiger partial charge in [0.25, 0.3) is 0 Å². The van der Waals surface area contributed by atoms with Gasteiger partial charge in [0.1, 0.15) is 6.10 Å². The van der Waals surface area contributed by atoms with E-state index in [1.807, 2.05) is 0 Å². The fraction of sp³-hybridized carbons (Fsp3) is 0.791. The molecule has 7 heteroatoms. The minimum Gasteiger partial charge on any atom is -0.476 e. The zero-order valence-electron chi connectivity index (χ0n) is 34.2. The first-order valence-corrected chi connectivity index (χ1v) is 25.8. The normalized spacial score (nSPS) is 35.0. The van der Waals surface area contributed by atoms with Gasteiger partial charge >= 0.3 is 0 Å². The summed E-state index contributed by atoms with van der Waals surface area (Å²) in [6.45, 7) is 35.9. The number of rotatable bonds is 10. The number of nitrogens with zero attached hydrogens (tertiary/aromatic N) is 1. The molecule has 1 heterocycles. The Morgan fingerprint density at radius 2 is 1.60 bits per heavy atom. The molecule has 0 aromatic carbocycles. The number of allylic oxidation sites excluding steroid dienone is 4. The van der Waals surface area contributed by atoms with Crippen LogP contribution in [-0.2, 0) is 13.6 Å². The molecular formula is C43H73NO4Si2. The first kappa shape index (κ1) is 39.9. The van der Waals surface area contributed by atoms with Crippen molar-refractivity contribution >= 4 is 22.5 Å². The first-order valence-electron chi connectivity index (χ1n) is 20.0. The maximum atomic E-state index is 11.3. The minimum absolute atomic E-state index is 0.00464. The molecule has 0 radical (unpaired) electrons. The molecule has 4 fully saturated rings. The molecule has 0 saturated heterocycles. The molecule has 0 spiro atoms. The largest absolute Gasteiger partial charge is 0.476 e. The van der Waals surface area contributed by atoms with Crippen molar-refractivity contribution in [2.24, 2.45) is 33.6 Å². The Kier molecular flexibility index (Phi) is 11.3. The summed E-state index contributed by atoms with van der Waals surface area (Å²) in [5, 5.41) is 11.6. The Bertz CT molecular complexity index is 1390. The maximum absolute atomic E-state index is 11.3. The second-order valence-corrected chi connectivity index (χ2v) is 29.8. The van der Waals surface area contributed by atoms with Crippen LogP contribution in [0.25, 0.3) is 0 Å². The van der Waals surface area contributed by atoms with E-state index in [-0.39, 0.29) is 39.2 Å². The molecule has 1 aliphatic heterocycles. The zero-order valence-corrected chi connectivity index (χ0v) is 36.2. The van der Waals surface area contributed by atoms with Gasteiger partial charge in [0.15, 0.2) is 22.5 Å². The molecule has 0 aromatic rings. The number of ether oxygens (including phenoxy) is 1. The molecule has 5 aliphatic rings. The van der Waals surface area contributed by atoms with Crippen LogP contribution in [0.5, 0.6) is 0 Å². The number of hydrogen-bond donors (Lipinski definition) is 1. The van der Waals surface area contributed by atoms with Crippen LogP contribution in [0.1, 0.15) is 120 Å². The van der Waals surface area contributed by atoms with E-state index in [1.165, 1.54) is 43.3 Å². The Morgan fingerprint density at radius 3 is 2.18 bits per heavy atom. The Hall–Kier alpha value is -1.26. The predicted molar refractivity (Wildman–Crippen MR) is 216 cm³/mol. The summed E-state index contributed by atoms with van der Waals surface area (Å²) in [4.78, 5) is 4.64. The van der Waals surface area contributed by atoms with Gasteiger partial charge in [-0.1, -0.05) is 91.8 Å². The molecular weight excluding hydrogens is 651 g/mol. The van der Waals surface area contributed by atoms with Crippen LogP contribution in [0.15, 0.2) is 52.6 Å². The molecule has 1 N–H and O–H groups in total. The highest BCUT2D eigenvalue weighted by Crippen LogP contribution is 2.60. The SMILES string of the molecule is C=C1C(=CC=C2CCC[C@]3(C)[C@@H]([C@H](C)C=C[C@@H](O)C4(C5=NCC(C)O5)CC4)CC[C@@H]23)C[C@@H](O[Si](C)(C)C(C)(C)C)C[C@@H]1O[Si](C)(C)C(C)(C)C. The number of aliphatic hydroxyl groups excluding tert-OH is 1. The van der Waals surface area contributed by atoms with Gasteiger partial charge in [-0.3, -0.25) is 4.99 Å². The highest BCUT2D eigenvalue weighted by molar-refractivity contribution is 6.74. The summed E-state index contributed by atoms with van der Waals surface area (Å²) in [7, 11) is -3.95. The van der Waals surface area contributed by atoms with Crippen molar-refractivity contribution in [1.82, 2.24) is 0 Å². The van der Waals surface area contributed by atoms with E-state index in [2.05, 4.69) is 118 Å². The Labute approximate surface area is 308 Å². The van der Waals surface area contributed by atoms with E-state index in [0.29, 0.717) is 24.3 Å². The van der Waals surface area contributed by atoms with E-state index >= 15 is 0 Å². The second kappa shape index (κ2) is 14.2. The number of aliphatic hydroxyl groups is 1. The smallest absolute Gasteiger partial charge is 0.193 e. The van der Waals surface area contributed by atoms with Gasteiger partial charge in [0.05, 0.1) is 30.3 Å². The second-order valence-electron chi connectivity index (χ2n) is 20.3. The highest BCUT2D eigenvalue weighted by Gasteiger charge is 2.56. The number of hydrogen-bond acceptors (Lipinski definition) is 5. The van der Waals surface area contributed by atoms with Crippen LogP contribution in [-0.4, -0.2) is 58.6 Å². The van der Waals surface area contributed by atoms with Crippen LogP contribution in [0.2, 0.25) is 36.3 Å². The molecule has 282 valence electrons. The summed E-state index contributed by atoms with van der Waals surface area (Å²) < 4.78 is 20.2. The summed E-state index contributed by atoms with van der Waals surface area (Å²) in [5.41, 5.74) is 4.09. The third kappa shape index (κ3) is 7.98. The Morgan fingerprint density at radius 1 is 0.960 bits per heavy atom. The summed E-state index contributed by atoms with van der Waals surface area (Å²) in [6.07, 6.45) is 19.0. The first-order chi connectivity index (χ1) is 23.0. The van der Waals surface area contributed by atoms with Gasteiger partial charge in [-0.25, -0.2) is 0 Å². The lowest BCUT2D eigenvalue weighted by molar-refractivity contribution is 0.0969. The van der Waals surface area contributed by atoms with Crippen molar-refractivity contribution in [3.8, 4) is 0 Å². The summed E-state index contributed by atoms with van der Waals surface area (Å²) in [5.74, 6) is 2.41. The lowest BCUT2D eigenvalue weighted by atomic mass is 9.61. The molecule has 0 aromatic heterocycles. The van der Waals surface area contributed by atoms with Gasteiger partial charge in [0.2, 0.25) is 0 Å². The molecule has 0 amide bonds. The van der Waals surface area contributed by atoms with E-state index in [1.54, 1.807) is 5.57 Å². The fourth-order valence-corrected chi connectivity index (χ4v) is 11.7. The third-order valence-corrected chi connectivity index (χ3v) is 23.6. The quantitative estimate of drug-likeness (QED) is 0.180. The maximum Gasteiger partial charge on any atom is 0.193 e. The van der Waals surface area contributed by atoms with Gasteiger partial charge in [0, 0.05) is 6.42 Å². The van der Waals surface area contributed by atoms with Crippen molar-refractivity contribution in [1.29, 1.82) is 0 Å². The molecule has 4 aliphatic carbocycles. The van der Waals surface area contributed by atoms with Crippen molar-refractivity contribution < 1.29 is 18.7 Å². The topological polar surface area (TPSA) is 60.3 Å². The molecule has 0 bridgehead atoms. The average molecular weight is 724 g/mol. The van der Waals surface area contributed by atoms with Crippen molar-refractivity contribution in [3.05, 3.63) is 47.6 Å². The van der Waals surface area contributed by atoms with Gasteiger partial charge in [-0.05, 0) is 129 Å². The monoisotopic (exact) mass is 724 g/mol. The number of fused-ring (bicyclic) bond motifs is 1. The van der Waals surface area contributed by atoms with E-state index in [9.17, 15) is 5.11 Å². The van der Waals surface area contributed by atoms with Crippen LogP contribution < -0.4 is 0 Å². The fourth-order valence-electron chi connectivity index (χ4n) is 9.03. The van der Waals surface area contributed by atoms with Crippen LogP contribution in [0, 0.1) is 28.6 Å². The molecule has 8 atom stereocenters. The van der Waals surface area contributed by atoms with Gasteiger partial charge in [-0.15, -0.1) is 0 Å². The molecule has 5 rings (SSSR count). The van der Waals surface area contributed by atoms with Crippen molar-refractivity contribution in [3.63, 3.8) is 0 Å². The van der Waals surface area contributed by atoms with Crippen molar-refractivity contribution in [2.75, 3.05) is 6.54 Å². The molecule has 4 saturated carbocycles. The summed E-state index contributed by atoms with van der Waals surface area (Å²) in [6, 6.07) is 0. The average Bonchev–Trinajstić information content (AvgIpc) is 3.56. The zero-order chi connectivity index (χ0) is 37.1. The highest BCUT2D eigenvalue weighted by atomic mass is 28.4. The van der Waals surface area contributed by atoms with Crippen molar-refractivity contribution in [2.45, 2.75) is 181 Å². The summed E-state index contributed by atoms with van der Waals surface area (Å²) >= 11 is 0. The molecule has 50 heavy (non-hydrogen) atoms. The van der Waals surface area contributed by atoms with Crippen LogP contribution in [0.4, 0.5) is 0 Å². The molecule has 1 unspecified atom stereocenters. The minimum atomic E-state index is -2.00. The number of aliphatic imine (C=N–C) groups is 1. The molecule has 5 nitrogen and oxygen atoms in total. The van der Waals surface area contributed by atoms with Crippen LogP contribution in [0.3, 0.4) is 0 Å². The lowest BCUT2D eigenvalue weighted by Gasteiger charge is -2.45. The third-order valence-electron chi connectivity index (χ3n) is 14.6. The van der Waals surface area contributed by atoms with E-state index < -0.39 is 22.7 Å². The lowest BCUT2D eigenvalue weighted by Crippen LogP contribution is -2.49. The van der Waals surface area contributed by atoms with Crippen LogP contribution >= 0.6 is 0 Å². The van der Waals surface area contributed by atoms with E-state index in [0.717, 1.165) is 31.6 Å². The Balaban J connectivity index is 1.34. The van der Waals surface area contributed by atoms with Gasteiger partial charge < -0.3 is 18.7 Å². The predicted octanol–water partition coefficient (Wildman–Crippen LogP) is 11.3.